The molecule has 0 atom stereocenters. The number of nitrogens with two attached hydrogens (primary N) is 1. The molecule has 0 radical (unpaired) electrons. The predicted octanol–water partition coefficient (Wildman–Crippen LogP) is 2.09. The summed E-state index contributed by atoms with van der Waals surface area (Å²) < 4.78 is 31.8. The van der Waals surface area contributed by atoms with Crippen molar-refractivity contribution in [3.8, 4) is 0 Å². The Balaban J connectivity index is 2.48. The predicted molar refractivity (Wildman–Crippen MR) is 68.8 cm³/mol. The highest BCUT2D eigenvalue weighted by Crippen LogP contribution is 2.18. The lowest BCUT2D eigenvalue weighted by Crippen LogP contribution is -2.26. The van der Waals surface area contributed by atoms with E-state index in [1.165, 1.54) is 0 Å². The van der Waals surface area contributed by atoms with E-state index in [4.69, 9.17) is 10.5 Å². The van der Waals surface area contributed by atoms with Crippen molar-refractivity contribution in [2.24, 2.45) is 0 Å². The number of hydrogen-bond acceptors (Lipinski definition) is 3. The van der Waals surface area contributed by atoms with Crippen molar-refractivity contribution in [1.29, 1.82) is 0 Å². The maximum absolute atomic E-state index is 13.5. The second-order valence-electron chi connectivity index (χ2n) is 4.13. The molecule has 0 unspecified atom stereocenters. The fourth-order valence-electron chi connectivity index (χ4n) is 1.62. The van der Waals surface area contributed by atoms with Crippen LogP contribution in [0.3, 0.4) is 0 Å². The molecule has 106 valence electrons. The second kappa shape index (κ2) is 7.68. The molecule has 0 aliphatic rings. The van der Waals surface area contributed by atoms with E-state index in [0.29, 0.717) is 13.2 Å². The topological polar surface area (TPSA) is 64.3 Å². The standard InChI is InChI=1S/C13H18F2N2O2/c1-19-8-4-2-3-7-17-13(18)11-9(14)5-6-10(16)12(11)15/h5-6H,2-4,7-8,16H2,1H3,(H,17,18). The molecule has 0 fully saturated rings. The molecule has 1 amide bonds. The zero-order valence-corrected chi connectivity index (χ0v) is 10.8. The maximum Gasteiger partial charge on any atom is 0.257 e. The average molecular weight is 272 g/mol. The highest BCUT2D eigenvalue weighted by atomic mass is 19.1. The van der Waals surface area contributed by atoms with E-state index >= 15 is 0 Å². The van der Waals surface area contributed by atoms with Crippen LogP contribution < -0.4 is 11.1 Å². The van der Waals surface area contributed by atoms with Gasteiger partial charge in [-0.3, -0.25) is 4.79 Å². The van der Waals surface area contributed by atoms with Crippen LogP contribution in [0.5, 0.6) is 0 Å². The van der Waals surface area contributed by atoms with Crippen LogP contribution in [0.2, 0.25) is 0 Å². The molecule has 1 aromatic rings. The van der Waals surface area contributed by atoms with Gasteiger partial charge >= 0.3 is 0 Å². The van der Waals surface area contributed by atoms with Crippen molar-refractivity contribution < 1.29 is 18.3 Å². The van der Waals surface area contributed by atoms with Crippen LogP contribution in [0.4, 0.5) is 14.5 Å². The molecule has 0 aliphatic carbocycles. The summed E-state index contributed by atoms with van der Waals surface area (Å²) in [6, 6.07) is 2.07. The van der Waals surface area contributed by atoms with Gasteiger partial charge in [-0.2, -0.15) is 0 Å². The van der Waals surface area contributed by atoms with Crippen LogP contribution in [-0.2, 0) is 4.74 Å². The number of unbranched alkanes of at least 4 members (excludes halogenated alkanes) is 2. The molecule has 0 saturated carbocycles. The van der Waals surface area contributed by atoms with E-state index in [1.807, 2.05) is 0 Å². The summed E-state index contributed by atoms with van der Waals surface area (Å²) in [6.07, 6.45) is 2.48. The summed E-state index contributed by atoms with van der Waals surface area (Å²) in [5, 5.41) is 2.47. The summed E-state index contributed by atoms with van der Waals surface area (Å²) in [4.78, 5) is 11.7. The molecule has 4 nitrogen and oxygen atoms in total. The van der Waals surface area contributed by atoms with E-state index in [1.54, 1.807) is 7.11 Å². The minimum atomic E-state index is -1.02. The summed E-state index contributed by atoms with van der Waals surface area (Å²) in [5.74, 6) is -2.71. The van der Waals surface area contributed by atoms with Crippen molar-refractivity contribution in [2.75, 3.05) is 26.0 Å². The summed E-state index contributed by atoms with van der Waals surface area (Å²) >= 11 is 0. The minimum Gasteiger partial charge on any atom is -0.396 e. The van der Waals surface area contributed by atoms with Crippen molar-refractivity contribution in [3.63, 3.8) is 0 Å². The van der Waals surface area contributed by atoms with Gasteiger partial charge in [0.2, 0.25) is 0 Å². The van der Waals surface area contributed by atoms with Crippen LogP contribution in [-0.4, -0.2) is 26.2 Å². The van der Waals surface area contributed by atoms with E-state index in [0.717, 1.165) is 31.4 Å². The average Bonchev–Trinajstić information content (AvgIpc) is 2.38. The number of ether oxygens (including phenoxy) is 1. The smallest absolute Gasteiger partial charge is 0.257 e. The number of methoxy groups -OCH3 is 1. The van der Waals surface area contributed by atoms with Gasteiger partial charge in [0.05, 0.1) is 5.69 Å². The summed E-state index contributed by atoms with van der Waals surface area (Å²) in [7, 11) is 1.62. The largest absolute Gasteiger partial charge is 0.396 e. The number of anilines is 1. The molecule has 0 saturated heterocycles. The van der Waals surface area contributed by atoms with Gasteiger partial charge in [0.25, 0.3) is 5.91 Å². The van der Waals surface area contributed by atoms with Gasteiger partial charge < -0.3 is 15.8 Å². The SMILES string of the molecule is COCCCCCNC(=O)c1c(F)ccc(N)c1F. The number of nitrogens with one attached hydrogen (secondary N) is 1. The second-order valence-corrected chi connectivity index (χ2v) is 4.13. The number of halogens is 2. The van der Waals surface area contributed by atoms with Gasteiger partial charge in [0, 0.05) is 20.3 Å². The Morgan fingerprint density at radius 2 is 2.05 bits per heavy atom. The highest BCUT2D eigenvalue weighted by molar-refractivity contribution is 5.95. The fraction of sp³-hybridized carbons (Fsp3) is 0.462. The van der Waals surface area contributed by atoms with E-state index in [9.17, 15) is 13.6 Å². The zero-order chi connectivity index (χ0) is 14.3. The molecule has 0 heterocycles. The first-order chi connectivity index (χ1) is 9.07. The van der Waals surface area contributed by atoms with Crippen molar-refractivity contribution in [1.82, 2.24) is 5.32 Å². The first kappa shape index (κ1) is 15.4. The molecule has 0 bridgehead atoms. The lowest BCUT2D eigenvalue weighted by molar-refractivity contribution is 0.0944. The van der Waals surface area contributed by atoms with E-state index in [-0.39, 0.29) is 5.69 Å². The van der Waals surface area contributed by atoms with Crippen LogP contribution >= 0.6 is 0 Å². The van der Waals surface area contributed by atoms with Crippen LogP contribution in [0.25, 0.3) is 0 Å². The Morgan fingerprint density at radius 3 is 2.74 bits per heavy atom. The Labute approximate surface area is 110 Å². The molecule has 1 rings (SSSR count). The molecule has 3 N–H and O–H groups in total. The first-order valence-electron chi connectivity index (χ1n) is 6.08. The number of benzene rings is 1. The molecular formula is C13H18F2N2O2. The number of rotatable bonds is 7. The minimum absolute atomic E-state index is 0.244. The summed E-state index contributed by atoms with van der Waals surface area (Å²) in [6.45, 7) is 1.02. The third kappa shape index (κ3) is 4.48. The molecule has 6 heteroatoms. The van der Waals surface area contributed by atoms with Crippen LogP contribution in [0, 0.1) is 11.6 Å². The Bertz CT molecular complexity index is 439. The Kier molecular flexibility index (Phi) is 6.21. The number of amides is 1. The molecule has 0 aliphatic heterocycles. The van der Waals surface area contributed by atoms with Gasteiger partial charge in [0.15, 0.2) is 5.82 Å². The fourth-order valence-corrected chi connectivity index (χ4v) is 1.62. The van der Waals surface area contributed by atoms with E-state index in [2.05, 4.69) is 5.32 Å². The third-order valence-electron chi connectivity index (χ3n) is 2.66. The molecule has 0 spiro atoms. The monoisotopic (exact) mass is 272 g/mol. The molecule has 1 aromatic carbocycles. The van der Waals surface area contributed by atoms with Gasteiger partial charge in [-0.05, 0) is 31.4 Å². The van der Waals surface area contributed by atoms with Crippen molar-refractivity contribution in [2.45, 2.75) is 19.3 Å². The quantitative estimate of drug-likeness (QED) is 0.590. The lowest BCUT2D eigenvalue weighted by atomic mass is 10.1. The van der Waals surface area contributed by atoms with Crippen LogP contribution in [0.1, 0.15) is 29.6 Å². The van der Waals surface area contributed by atoms with Gasteiger partial charge in [-0.15, -0.1) is 0 Å². The third-order valence-corrected chi connectivity index (χ3v) is 2.66. The molecule has 0 aromatic heterocycles. The maximum atomic E-state index is 13.5. The lowest BCUT2D eigenvalue weighted by Gasteiger charge is -2.08. The number of carbonyl (C=O) groups excluding carboxylic acids is 1. The molecular weight excluding hydrogens is 254 g/mol. The Hall–Kier alpha value is -1.69. The van der Waals surface area contributed by atoms with Crippen LogP contribution in [0.15, 0.2) is 12.1 Å². The summed E-state index contributed by atoms with van der Waals surface area (Å²) in [5.41, 5.74) is 4.43. The van der Waals surface area contributed by atoms with Crippen molar-refractivity contribution in [3.05, 3.63) is 29.3 Å². The normalized spacial score (nSPS) is 10.5. The van der Waals surface area contributed by atoms with Gasteiger partial charge in [-0.1, -0.05) is 0 Å². The van der Waals surface area contributed by atoms with Crippen molar-refractivity contribution >= 4 is 11.6 Å². The first-order valence-corrected chi connectivity index (χ1v) is 6.08. The highest BCUT2D eigenvalue weighted by Gasteiger charge is 2.18. The van der Waals surface area contributed by atoms with Gasteiger partial charge in [-0.25, -0.2) is 8.78 Å². The number of nitrogen functional groups attached to an aromatic ring is 1. The van der Waals surface area contributed by atoms with E-state index < -0.39 is 23.1 Å². The zero-order valence-electron chi connectivity index (χ0n) is 10.8. The number of hydrogen-bond donors (Lipinski definition) is 2. The Morgan fingerprint density at radius 1 is 1.32 bits per heavy atom. The number of carbonyl (C=O) groups is 1. The molecule has 19 heavy (non-hydrogen) atoms. The van der Waals surface area contributed by atoms with Gasteiger partial charge in [0.1, 0.15) is 11.4 Å².